The van der Waals surface area contributed by atoms with Crippen molar-refractivity contribution in [2.75, 3.05) is 37.6 Å². The van der Waals surface area contributed by atoms with Crippen LogP contribution in [0.3, 0.4) is 0 Å². The molecule has 3 aliphatic heterocycles. The Labute approximate surface area is 230 Å². The third-order valence-corrected chi connectivity index (χ3v) is 7.40. The molecule has 0 saturated carbocycles. The SMILES string of the molecule is O=C1NNC(N2C[C@@H](Oc3ccccc3)C[C@H]2C(=O)N2CCN(c3ncc(C(F)(F)F)cn3)CC2)CC1C(F)(F)F. The molecule has 41 heavy (non-hydrogen) atoms. The molecule has 222 valence electrons. The van der Waals surface area contributed by atoms with E-state index in [4.69, 9.17) is 4.74 Å². The number of alkyl halides is 6. The number of carbonyl (C=O) groups excluding carboxylic acids is 2. The summed E-state index contributed by atoms with van der Waals surface area (Å²) in [5.74, 6) is -3.09. The van der Waals surface area contributed by atoms with E-state index in [0.717, 1.165) is 0 Å². The van der Waals surface area contributed by atoms with Crippen LogP contribution in [-0.2, 0) is 15.8 Å². The number of nitrogens with zero attached hydrogens (tertiary/aromatic N) is 5. The van der Waals surface area contributed by atoms with Gasteiger partial charge in [-0.15, -0.1) is 0 Å². The molecule has 10 nitrogen and oxygen atoms in total. The second kappa shape index (κ2) is 11.3. The van der Waals surface area contributed by atoms with Crippen LogP contribution < -0.4 is 20.5 Å². The molecule has 1 aromatic heterocycles. The minimum absolute atomic E-state index is 0.101. The molecule has 0 bridgehead atoms. The van der Waals surface area contributed by atoms with Gasteiger partial charge in [0.2, 0.25) is 17.8 Å². The third-order valence-electron chi connectivity index (χ3n) is 7.40. The lowest BCUT2D eigenvalue weighted by Gasteiger charge is -2.41. The number of likely N-dealkylation sites (tertiary alicyclic amines) is 1. The molecule has 3 saturated heterocycles. The number of anilines is 1. The summed E-state index contributed by atoms with van der Waals surface area (Å²) < 4.78 is 85.2. The maximum absolute atomic E-state index is 13.7. The first kappa shape index (κ1) is 28.9. The summed E-state index contributed by atoms with van der Waals surface area (Å²) in [7, 11) is 0. The van der Waals surface area contributed by atoms with Gasteiger partial charge in [-0.1, -0.05) is 18.2 Å². The maximum atomic E-state index is 13.7. The van der Waals surface area contributed by atoms with E-state index in [1.165, 1.54) is 0 Å². The van der Waals surface area contributed by atoms with E-state index >= 15 is 0 Å². The predicted molar refractivity (Wildman–Crippen MR) is 131 cm³/mol. The minimum Gasteiger partial charge on any atom is -0.489 e. The smallest absolute Gasteiger partial charge is 0.419 e. The monoisotopic (exact) mass is 587 g/mol. The number of ether oxygens (including phenoxy) is 1. The number of hydrogen-bond donors (Lipinski definition) is 2. The summed E-state index contributed by atoms with van der Waals surface area (Å²) in [6, 6.07) is 8.00. The molecule has 4 atom stereocenters. The Balaban J connectivity index is 1.28. The fraction of sp³-hybridized carbons (Fsp3) is 0.520. The van der Waals surface area contributed by atoms with Gasteiger partial charge < -0.3 is 14.5 Å². The highest BCUT2D eigenvalue weighted by molar-refractivity contribution is 5.83. The van der Waals surface area contributed by atoms with Crippen LogP contribution in [0.15, 0.2) is 42.7 Å². The molecule has 3 fully saturated rings. The average molecular weight is 588 g/mol. The second-order valence-electron chi connectivity index (χ2n) is 10.1. The number of amides is 2. The van der Waals surface area contributed by atoms with E-state index < -0.39 is 54.5 Å². The van der Waals surface area contributed by atoms with Crippen molar-refractivity contribution in [1.29, 1.82) is 0 Å². The van der Waals surface area contributed by atoms with Crippen molar-refractivity contribution < 1.29 is 40.7 Å². The Morgan fingerprint density at radius 2 is 1.61 bits per heavy atom. The normalized spacial score (nSPS) is 26.1. The first-order valence-electron chi connectivity index (χ1n) is 12.9. The molecular weight excluding hydrogens is 560 g/mol. The number of carbonyl (C=O) groups is 2. The van der Waals surface area contributed by atoms with Gasteiger partial charge in [-0.25, -0.2) is 15.4 Å². The number of rotatable bonds is 5. The molecule has 0 spiro atoms. The maximum Gasteiger partial charge on any atom is 0.419 e. The number of nitrogens with one attached hydrogen (secondary N) is 2. The number of para-hydroxylation sites is 1. The van der Waals surface area contributed by atoms with Crippen LogP contribution in [0.25, 0.3) is 0 Å². The fourth-order valence-corrected chi connectivity index (χ4v) is 5.29. The zero-order valence-electron chi connectivity index (χ0n) is 21.5. The minimum atomic E-state index is -4.75. The molecule has 16 heteroatoms. The van der Waals surface area contributed by atoms with Crippen molar-refractivity contribution in [2.24, 2.45) is 5.92 Å². The summed E-state index contributed by atoms with van der Waals surface area (Å²) in [6.45, 7) is 1.06. The molecule has 5 rings (SSSR count). The molecule has 0 aliphatic carbocycles. The zero-order valence-corrected chi connectivity index (χ0v) is 21.5. The van der Waals surface area contributed by atoms with Gasteiger partial charge in [0.05, 0.1) is 17.8 Å². The highest BCUT2D eigenvalue weighted by atomic mass is 19.4. The van der Waals surface area contributed by atoms with Crippen molar-refractivity contribution in [1.82, 2.24) is 30.6 Å². The quantitative estimate of drug-likeness (QED) is 0.514. The number of halogens is 6. The van der Waals surface area contributed by atoms with Crippen LogP contribution in [0.1, 0.15) is 18.4 Å². The number of hydrogen-bond acceptors (Lipinski definition) is 8. The van der Waals surface area contributed by atoms with Gasteiger partial charge in [0, 0.05) is 51.5 Å². The molecule has 0 radical (unpaired) electrons. The topological polar surface area (TPSA) is 103 Å². The van der Waals surface area contributed by atoms with Gasteiger partial charge in [-0.2, -0.15) is 26.3 Å². The summed E-state index contributed by atoms with van der Waals surface area (Å²) in [5.41, 5.74) is 3.75. The standard InChI is InChI=1S/C25H27F6N7O3/c26-24(27,28)15-12-32-23(33-13-15)37-8-6-36(7-9-37)22(40)19-10-17(41-16-4-2-1-3-5-16)14-38(19)20-11-18(25(29,30)31)21(39)35-34-20/h1-5,12-13,17-20,34H,6-11,14H2,(H,35,39)/t17-,18?,19-,20?/m0/s1. The summed E-state index contributed by atoms with van der Waals surface area (Å²) in [4.78, 5) is 38.0. The van der Waals surface area contributed by atoms with Crippen LogP contribution in [0.4, 0.5) is 32.3 Å². The van der Waals surface area contributed by atoms with Crippen LogP contribution in [0, 0.1) is 5.92 Å². The van der Waals surface area contributed by atoms with E-state index in [1.54, 1.807) is 45.0 Å². The fourth-order valence-electron chi connectivity index (χ4n) is 5.29. The van der Waals surface area contributed by atoms with Gasteiger partial charge >= 0.3 is 12.4 Å². The lowest BCUT2D eigenvalue weighted by atomic mass is 9.99. The highest BCUT2D eigenvalue weighted by Crippen LogP contribution is 2.35. The van der Waals surface area contributed by atoms with Gasteiger partial charge in [0.1, 0.15) is 17.8 Å². The Bertz CT molecular complexity index is 1220. The van der Waals surface area contributed by atoms with Crippen LogP contribution in [-0.4, -0.2) is 88.8 Å². The molecule has 2 unspecified atom stereocenters. The number of hydrazine groups is 1. The third kappa shape index (κ3) is 6.48. The first-order valence-corrected chi connectivity index (χ1v) is 12.9. The highest BCUT2D eigenvalue weighted by Gasteiger charge is 2.52. The molecular formula is C25H27F6N7O3. The van der Waals surface area contributed by atoms with Gasteiger partial charge in [-0.3, -0.25) is 19.9 Å². The number of aromatic nitrogens is 2. The van der Waals surface area contributed by atoms with Crippen molar-refractivity contribution in [2.45, 2.75) is 43.5 Å². The van der Waals surface area contributed by atoms with E-state index in [2.05, 4.69) is 20.8 Å². The average Bonchev–Trinajstić information content (AvgIpc) is 3.36. The lowest BCUT2D eigenvalue weighted by molar-refractivity contribution is -0.193. The van der Waals surface area contributed by atoms with Crippen molar-refractivity contribution in [3.8, 4) is 5.75 Å². The summed E-state index contributed by atoms with van der Waals surface area (Å²) >= 11 is 0. The molecule has 2 aromatic rings. The van der Waals surface area contributed by atoms with Crippen molar-refractivity contribution >= 4 is 17.8 Å². The molecule has 2 N–H and O–H groups in total. The van der Waals surface area contributed by atoms with Gasteiger partial charge in [-0.05, 0) is 18.6 Å². The van der Waals surface area contributed by atoms with Crippen LogP contribution in [0.5, 0.6) is 5.75 Å². The Hall–Kier alpha value is -3.66. The molecule has 1 aromatic carbocycles. The van der Waals surface area contributed by atoms with E-state index in [0.29, 0.717) is 18.1 Å². The summed E-state index contributed by atoms with van der Waals surface area (Å²) in [5, 5.41) is 0. The number of piperazine rings is 1. The zero-order chi connectivity index (χ0) is 29.4. The van der Waals surface area contributed by atoms with Crippen molar-refractivity contribution in [3.63, 3.8) is 0 Å². The number of benzene rings is 1. The van der Waals surface area contributed by atoms with Gasteiger partial charge in [0.15, 0.2) is 0 Å². The summed E-state index contributed by atoms with van der Waals surface area (Å²) in [6.07, 6.45) is -9.75. The Kier molecular flexibility index (Phi) is 7.96. The largest absolute Gasteiger partial charge is 0.489 e. The van der Waals surface area contributed by atoms with E-state index in [-0.39, 0.29) is 51.0 Å². The van der Waals surface area contributed by atoms with Gasteiger partial charge in [0.25, 0.3) is 0 Å². The van der Waals surface area contributed by atoms with E-state index in [1.807, 2.05) is 0 Å². The van der Waals surface area contributed by atoms with Crippen LogP contribution >= 0.6 is 0 Å². The van der Waals surface area contributed by atoms with Crippen LogP contribution in [0.2, 0.25) is 0 Å². The van der Waals surface area contributed by atoms with Crippen molar-refractivity contribution in [3.05, 3.63) is 48.3 Å². The molecule has 3 aliphatic rings. The van der Waals surface area contributed by atoms with E-state index in [9.17, 15) is 35.9 Å². The first-order chi connectivity index (χ1) is 19.4. The Morgan fingerprint density at radius 1 is 0.951 bits per heavy atom. The Morgan fingerprint density at radius 3 is 2.22 bits per heavy atom. The predicted octanol–water partition coefficient (Wildman–Crippen LogP) is 2.19. The second-order valence-corrected chi connectivity index (χ2v) is 10.1. The molecule has 2 amide bonds. The molecule has 4 heterocycles. The lowest BCUT2D eigenvalue weighted by Crippen LogP contribution is -2.64.